The Bertz CT molecular complexity index is 805. The smallest absolute Gasteiger partial charge is 0.262 e. The molecule has 3 rings (SSSR count). The van der Waals surface area contributed by atoms with Gasteiger partial charge in [-0.15, -0.1) is 0 Å². The van der Waals surface area contributed by atoms with Crippen LogP contribution in [0.25, 0.3) is 6.08 Å². The number of benzene rings is 1. The van der Waals surface area contributed by atoms with Crippen molar-refractivity contribution in [3.8, 4) is 17.6 Å². The average Bonchev–Trinajstić information content (AvgIpc) is 3.55. The van der Waals surface area contributed by atoms with Gasteiger partial charge in [0.05, 0.1) is 20.3 Å². The third-order valence-corrected chi connectivity index (χ3v) is 4.49. The summed E-state index contributed by atoms with van der Waals surface area (Å²) < 4.78 is 16.2. The van der Waals surface area contributed by atoms with Crippen molar-refractivity contribution in [3.05, 3.63) is 29.3 Å². The Kier molecular flexibility index (Phi) is 6.50. The van der Waals surface area contributed by atoms with Crippen LogP contribution in [-0.2, 0) is 14.3 Å². The lowest BCUT2D eigenvalue weighted by Gasteiger charge is -2.26. The van der Waals surface area contributed by atoms with Gasteiger partial charge in [-0.25, -0.2) is 0 Å². The molecule has 1 aromatic carbocycles. The summed E-state index contributed by atoms with van der Waals surface area (Å²) in [5.74, 6) is 0.351. The van der Waals surface area contributed by atoms with E-state index in [1.807, 2.05) is 6.07 Å². The van der Waals surface area contributed by atoms with Crippen LogP contribution in [-0.4, -0.2) is 62.8 Å². The van der Waals surface area contributed by atoms with Crippen LogP contribution in [0.3, 0.4) is 0 Å². The SMILES string of the molecule is COc1cc(/C=C(\C#N)C(=O)NC2CC2)ccc1OCC(=O)N1CCOCC1. The molecule has 0 atom stereocenters. The van der Waals surface area contributed by atoms with E-state index in [9.17, 15) is 14.9 Å². The molecule has 8 nitrogen and oxygen atoms in total. The molecule has 1 aromatic rings. The third-order valence-electron chi connectivity index (χ3n) is 4.49. The molecule has 1 N–H and O–H groups in total. The van der Waals surface area contributed by atoms with Crippen LogP contribution in [0.15, 0.2) is 23.8 Å². The van der Waals surface area contributed by atoms with Gasteiger partial charge in [0.25, 0.3) is 11.8 Å². The fourth-order valence-electron chi connectivity index (χ4n) is 2.74. The molecule has 0 spiro atoms. The number of carbonyl (C=O) groups excluding carboxylic acids is 2. The highest BCUT2D eigenvalue weighted by Crippen LogP contribution is 2.29. The highest BCUT2D eigenvalue weighted by molar-refractivity contribution is 6.02. The summed E-state index contributed by atoms with van der Waals surface area (Å²) in [6.07, 6.45) is 3.41. The predicted molar refractivity (Wildman–Crippen MR) is 101 cm³/mol. The number of nitriles is 1. The summed E-state index contributed by atoms with van der Waals surface area (Å²) in [6.45, 7) is 2.09. The van der Waals surface area contributed by atoms with Crippen molar-refractivity contribution in [2.45, 2.75) is 18.9 Å². The molecule has 28 heavy (non-hydrogen) atoms. The first kappa shape index (κ1) is 19.7. The zero-order valence-electron chi connectivity index (χ0n) is 15.8. The number of hydrogen-bond acceptors (Lipinski definition) is 6. The molecule has 1 saturated carbocycles. The maximum atomic E-state index is 12.2. The summed E-state index contributed by atoms with van der Waals surface area (Å²) in [6, 6.07) is 7.14. The van der Waals surface area contributed by atoms with E-state index in [1.165, 1.54) is 13.2 Å². The number of rotatable bonds is 7. The van der Waals surface area contributed by atoms with E-state index < -0.39 is 0 Å². The normalized spacial score (nSPS) is 16.9. The monoisotopic (exact) mass is 385 g/mol. The number of methoxy groups -OCH3 is 1. The minimum absolute atomic E-state index is 0.0325. The third kappa shape index (κ3) is 5.24. The van der Waals surface area contributed by atoms with Crippen molar-refractivity contribution in [3.63, 3.8) is 0 Å². The van der Waals surface area contributed by atoms with Gasteiger partial charge >= 0.3 is 0 Å². The van der Waals surface area contributed by atoms with Gasteiger partial charge in [-0.1, -0.05) is 6.07 Å². The van der Waals surface area contributed by atoms with Crippen molar-refractivity contribution in [2.75, 3.05) is 40.0 Å². The second kappa shape index (κ2) is 9.24. The first-order valence-corrected chi connectivity index (χ1v) is 9.19. The molecule has 2 fully saturated rings. The number of nitrogens with one attached hydrogen (secondary N) is 1. The van der Waals surface area contributed by atoms with Crippen molar-refractivity contribution >= 4 is 17.9 Å². The van der Waals surface area contributed by atoms with Gasteiger partial charge in [0.2, 0.25) is 0 Å². The zero-order chi connectivity index (χ0) is 19.9. The maximum Gasteiger partial charge on any atom is 0.262 e. The van der Waals surface area contributed by atoms with Crippen LogP contribution in [0.4, 0.5) is 0 Å². The number of ether oxygens (including phenoxy) is 3. The topological polar surface area (TPSA) is 101 Å². The van der Waals surface area contributed by atoms with Crippen molar-refractivity contribution in [1.82, 2.24) is 10.2 Å². The Morgan fingerprint density at radius 2 is 2.07 bits per heavy atom. The van der Waals surface area contributed by atoms with Gasteiger partial charge in [-0.05, 0) is 36.6 Å². The van der Waals surface area contributed by atoms with Gasteiger partial charge in [-0.2, -0.15) is 5.26 Å². The lowest BCUT2D eigenvalue weighted by atomic mass is 10.1. The molecule has 2 amide bonds. The maximum absolute atomic E-state index is 12.2. The van der Waals surface area contributed by atoms with Gasteiger partial charge in [-0.3, -0.25) is 9.59 Å². The van der Waals surface area contributed by atoms with E-state index in [2.05, 4.69) is 5.32 Å². The van der Waals surface area contributed by atoms with Crippen LogP contribution in [0.5, 0.6) is 11.5 Å². The van der Waals surface area contributed by atoms with Crippen LogP contribution in [0.2, 0.25) is 0 Å². The summed E-state index contributed by atoms with van der Waals surface area (Å²) in [5.41, 5.74) is 0.663. The molecule has 0 aromatic heterocycles. The summed E-state index contributed by atoms with van der Waals surface area (Å²) in [5, 5.41) is 12.0. The van der Waals surface area contributed by atoms with Crippen molar-refractivity contribution in [1.29, 1.82) is 5.26 Å². The van der Waals surface area contributed by atoms with E-state index in [-0.39, 0.29) is 30.0 Å². The molecule has 1 heterocycles. The molecule has 1 aliphatic carbocycles. The Labute approximate surface area is 163 Å². The number of amides is 2. The molecule has 0 radical (unpaired) electrons. The fraction of sp³-hybridized carbons (Fsp3) is 0.450. The molecule has 148 valence electrons. The molecular formula is C20H23N3O5. The first-order chi connectivity index (χ1) is 13.6. The molecule has 0 bridgehead atoms. The van der Waals surface area contributed by atoms with Crippen LogP contribution >= 0.6 is 0 Å². The Hall–Kier alpha value is -3.05. The van der Waals surface area contributed by atoms with Crippen molar-refractivity contribution < 1.29 is 23.8 Å². The molecule has 1 aliphatic heterocycles. The minimum atomic E-state index is -0.375. The summed E-state index contributed by atoms with van der Waals surface area (Å²) in [4.78, 5) is 26.0. The second-order valence-corrected chi connectivity index (χ2v) is 6.61. The first-order valence-electron chi connectivity index (χ1n) is 9.19. The highest BCUT2D eigenvalue weighted by atomic mass is 16.5. The lowest BCUT2D eigenvalue weighted by molar-refractivity contribution is -0.137. The zero-order valence-corrected chi connectivity index (χ0v) is 15.8. The van der Waals surface area contributed by atoms with E-state index in [1.54, 1.807) is 23.1 Å². The molecule has 0 unspecified atom stereocenters. The van der Waals surface area contributed by atoms with Crippen LogP contribution < -0.4 is 14.8 Å². The predicted octanol–water partition coefficient (Wildman–Crippen LogP) is 1.12. The number of hydrogen-bond donors (Lipinski definition) is 1. The number of morpholine rings is 1. The molecule has 8 heteroatoms. The molecule has 2 aliphatic rings. The van der Waals surface area contributed by atoms with Crippen LogP contribution in [0.1, 0.15) is 18.4 Å². The van der Waals surface area contributed by atoms with Crippen LogP contribution in [0, 0.1) is 11.3 Å². The van der Waals surface area contributed by atoms with Gasteiger partial charge < -0.3 is 24.4 Å². The fourth-order valence-corrected chi connectivity index (χ4v) is 2.74. The van der Waals surface area contributed by atoms with Crippen molar-refractivity contribution in [2.24, 2.45) is 0 Å². The van der Waals surface area contributed by atoms with E-state index in [4.69, 9.17) is 14.2 Å². The number of nitrogens with zero attached hydrogens (tertiary/aromatic N) is 2. The highest BCUT2D eigenvalue weighted by Gasteiger charge is 2.24. The summed E-state index contributed by atoms with van der Waals surface area (Å²) >= 11 is 0. The standard InChI is InChI=1S/C20H23N3O5/c1-26-18-11-14(10-15(12-21)20(25)22-16-3-4-16)2-5-17(18)28-13-19(24)23-6-8-27-9-7-23/h2,5,10-11,16H,3-4,6-9,13H2,1H3,(H,22,25)/b15-10+. The second-order valence-electron chi connectivity index (χ2n) is 6.61. The molecule has 1 saturated heterocycles. The van der Waals surface area contributed by atoms with Gasteiger partial charge in [0.15, 0.2) is 18.1 Å². The minimum Gasteiger partial charge on any atom is -0.493 e. The number of carbonyl (C=O) groups is 2. The quantitative estimate of drug-likeness (QED) is 0.558. The Morgan fingerprint density at radius 3 is 2.71 bits per heavy atom. The van der Waals surface area contributed by atoms with Gasteiger partial charge in [0.1, 0.15) is 11.6 Å². The van der Waals surface area contributed by atoms with E-state index in [0.717, 1.165) is 12.8 Å². The van der Waals surface area contributed by atoms with E-state index in [0.29, 0.717) is 43.4 Å². The summed E-state index contributed by atoms with van der Waals surface area (Å²) in [7, 11) is 1.49. The van der Waals surface area contributed by atoms with E-state index >= 15 is 0 Å². The lowest BCUT2D eigenvalue weighted by Crippen LogP contribution is -2.43. The molecular weight excluding hydrogens is 362 g/mol. The Balaban J connectivity index is 1.65. The van der Waals surface area contributed by atoms with Gasteiger partial charge in [0, 0.05) is 19.1 Å². The average molecular weight is 385 g/mol. The largest absolute Gasteiger partial charge is 0.493 e. The Morgan fingerprint density at radius 1 is 1.32 bits per heavy atom.